The van der Waals surface area contributed by atoms with Gasteiger partial charge in [0.05, 0.1) is 18.3 Å². The molecule has 0 aliphatic carbocycles. The van der Waals surface area contributed by atoms with Gasteiger partial charge >= 0.3 is 6.09 Å². The highest BCUT2D eigenvalue weighted by molar-refractivity contribution is 14.0. The summed E-state index contributed by atoms with van der Waals surface area (Å²) in [5.41, 5.74) is 0.128. The van der Waals surface area contributed by atoms with E-state index >= 15 is 0 Å². The van der Waals surface area contributed by atoms with E-state index in [0.29, 0.717) is 12.5 Å². The van der Waals surface area contributed by atoms with Crippen LogP contribution in [0.3, 0.4) is 0 Å². The van der Waals surface area contributed by atoms with Crippen LogP contribution in [0.1, 0.15) is 41.0 Å². The number of carbonyl (C=O) groups excluding carboxylic acids is 1. The van der Waals surface area contributed by atoms with Crippen molar-refractivity contribution in [2.24, 2.45) is 10.9 Å². The van der Waals surface area contributed by atoms with Crippen molar-refractivity contribution >= 4 is 41.7 Å². The van der Waals surface area contributed by atoms with E-state index in [1.165, 1.54) is 0 Å². The number of ether oxygens (including phenoxy) is 2. The summed E-state index contributed by atoms with van der Waals surface area (Å²) >= 11 is 0. The van der Waals surface area contributed by atoms with E-state index in [0.717, 1.165) is 43.5 Å². The van der Waals surface area contributed by atoms with Crippen molar-refractivity contribution in [2.45, 2.75) is 52.2 Å². The lowest BCUT2D eigenvalue weighted by Crippen LogP contribution is -2.54. The molecule has 1 aromatic rings. The summed E-state index contributed by atoms with van der Waals surface area (Å²) in [4.78, 5) is 18.7. The minimum atomic E-state index is -0.524. The second kappa shape index (κ2) is 12.4. The van der Waals surface area contributed by atoms with Crippen molar-refractivity contribution in [3.8, 4) is 5.75 Å². The molecule has 1 unspecified atom stereocenters. The lowest BCUT2D eigenvalue weighted by molar-refractivity contribution is 0.0474. The van der Waals surface area contributed by atoms with Gasteiger partial charge in [-0.1, -0.05) is 12.1 Å². The minimum Gasteiger partial charge on any atom is -0.495 e. The first-order valence-corrected chi connectivity index (χ1v) is 10.9. The van der Waals surface area contributed by atoms with Crippen molar-refractivity contribution in [1.29, 1.82) is 0 Å². The van der Waals surface area contributed by atoms with Crippen LogP contribution in [0.25, 0.3) is 0 Å². The molecular formula is C23H40IN5O3. The smallest absolute Gasteiger partial charge is 0.408 e. The highest BCUT2D eigenvalue weighted by atomic mass is 127. The maximum absolute atomic E-state index is 12.1. The second-order valence-corrected chi connectivity index (χ2v) is 9.59. The summed E-state index contributed by atoms with van der Waals surface area (Å²) in [6, 6.07) is 8.14. The Morgan fingerprint density at radius 2 is 1.88 bits per heavy atom. The Hall–Kier alpha value is -1.91. The molecule has 1 fully saturated rings. The third-order valence-corrected chi connectivity index (χ3v) is 5.03. The van der Waals surface area contributed by atoms with Crippen molar-refractivity contribution < 1.29 is 14.3 Å². The summed E-state index contributed by atoms with van der Waals surface area (Å²) in [6.45, 7) is 12.8. The number of rotatable bonds is 7. The quantitative estimate of drug-likeness (QED) is 0.268. The predicted octanol–water partition coefficient (Wildman–Crippen LogP) is 3.61. The molecule has 3 N–H and O–H groups in total. The summed E-state index contributed by atoms with van der Waals surface area (Å²) in [7, 11) is 3.46. The number of nitrogens with one attached hydrogen (secondary N) is 3. The van der Waals surface area contributed by atoms with Crippen LogP contribution in [0, 0.1) is 5.92 Å². The molecule has 0 aromatic heterocycles. The van der Waals surface area contributed by atoms with Gasteiger partial charge < -0.3 is 30.3 Å². The highest BCUT2D eigenvalue weighted by Gasteiger charge is 2.26. The molecule has 2 rings (SSSR count). The molecule has 1 amide bonds. The molecular weight excluding hydrogens is 521 g/mol. The lowest BCUT2D eigenvalue weighted by atomic mass is 10.1. The molecule has 8 nitrogen and oxygen atoms in total. The van der Waals surface area contributed by atoms with Gasteiger partial charge in [0, 0.05) is 33.2 Å². The molecule has 1 saturated heterocycles. The minimum absolute atomic E-state index is 0. The average Bonchev–Trinajstić information content (AvgIpc) is 3.14. The molecule has 1 aromatic carbocycles. The van der Waals surface area contributed by atoms with Crippen molar-refractivity contribution in [3.05, 3.63) is 24.3 Å². The van der Waals surface area contributed by atoms with Gasteiger partial charge in [0.2, 0.25) is 0 Å². The first-order chi connectivity index (χ1) is 14.5. The number of hydrogen-bond donors (Lipinski definition) is 3. The van der Waals surface area contributed by atoms with Crippen LogP contribution >= 0.6 is 24.0 Å². The number of carbonyl (C=O) groups is 1. The maximum atomic E-state index is 12.1. The SMILES string of the molecule is CN=C(NCC1CCN(c2ccccc2OC)C1)NCC(C)(C)NC(=O)OC(C)(C)C.I. The van der Waals surface area contributed by atoms with Gasteiger partial charge in [-0.2, -0.15) is 0 Å². The standard InChI is InChI=1S/C23H39N5O3.HI/c1-22(2,3)31-21(29)27-23(4,5)16-26-20(24-6)25-14-17-12-13-28(15-17)18-10-8-9-11-19(18)30-7;/h8-11,17H,12-16H2,1-7H3,(H,27,29)(H2,24,25,26);1H. The number of para-hydroxylation sites is 2. The number of hydrogen-bond acceptors (Lipinski definition) is 5. The second-order valence-electron chi connectivity index (χ2n) is 9.59. The van der Waals surface area contributed by atoms with Gasteiger partial charge in [0.25, 0.3) is 0 Å². The third kappa shape index (κ3) is 9.30. The van der Waals surface area contributed by atoms with E-state index in [1.54, 1.807) is 14.2 Å². The van der Waals surface area contributed by atoms with Gasteiger partial charge in [-0.05, 0) is 59.1 Å². The number of nitrogens with zero attached hydrogens (tertiary/aromatic N) is 2. The maximum Gasteiger partial charge on any atom is 0.408 e. The van der Waals surface area contributed by atoms with Crippen LogP contribution in [-0.2, 0) is 4.74 Å². The fourth-order valence-electron chi connectivity index (χ4n) is 3.50. The lowest BCUT2D eigenvalue weighted by Gasteiger charge is -2.29. The molecule has 0 radical (unpaired) electrons. The fourth-order valence-corrected chi connectivity index (χ4v) is 3.50. The zero-order valence-corrected chi connectivity index (χ0v) is 22.8. The Kier molecular flexibility index (Phi) is 10.9. The summed E-state index contributed by atoms with van der Waals surface area (Å²) in [6.07, 6.45) is 0.679. The molecule has 0 saturated carbocycles. The first kappa shape index (κ1) is 28.1. The van der Waals surface area contributed by atoms with Crippen LogP contribution in [0.5, 0.6) is 5.75 Å². The van der Waals surface area contributed by atoms with Crippen LogP contribution < -0.4 is 25.6 Å². The number of methoxy groups -OCH3 is 1. The zero-order valence-electron chi connectivity index (χ0n) is 20.4. The molecule has 0 bridgehead atoms. The molecule has 1 atom stereocenters. The van der Waals surface area contributed by atoms with Crippen LogP contribution in [-0.4, -0.2) is 63.5 Å². The number of amides is 1. The molecule has 9 heteroatoms. The van der Waals surface area contributed by atoms with Gasteiger partial charge in [-0.3, -0.25) is 4.99 Å². The fraction of sp³-hybridized carbons (Fsp3) is 0.652. The Labute approximate surface area is 209 Å². The molecule has 1 aliphatic rings. The summed E-state index contributed by atoms with van der Waals surface area (Å²) in [5, 5.41) is 9.61. The molecule has 0 spiro atoms. The number of anilines is 1. The van der Waals surface area contributed by atoms with Crippen LogP contribution in [0.4, 0.5) is 10.5 Å². The average molecular weight is 562 g/mol. The molecule has 32 heavy (non-hydrogen) atoms. The molecule has 182 valence electrons. The van der Waals surface area contributed by atoms with Gasteiger partial charge in [-0.25, -0.2) is 4.79 Å². The van der Waals surface area contributed by atoms with E-state index in [1.807, 2.05) is 52.8 Å². The topological polar surface area (TPSA) is 87.2 Å². The van der Waals surface area contributed by atoms with Crippen LogP contribution in [0.15, 0.2) is 29.3 Å². The number of benzene rings is 1. The number of guanidine groups is 1. The first-order valence-electron chi connectivity index (χ1n) is 10.9. The molecule has 1 heterocycles. The van der Waals surface area contributed by atoms with E-state index in [4.69, 9.17) is 9.47 Å². The van der Waals surface area contributed by atoms with Crippen LogP contribution in [0.2, 0.25) is 0 Å². The Morgan fingerprint density at radius 1 is 1.19 bits per heavy atom. The van der Waals surface area contributed by atoms with E-state index in [9.17, 15) is 4.79 Å². The van der Waals surface area contributed by atoms with E-state index in [2.05, 4.69) is 31.9 Å². The Balaban J connectivity index is 0.00000512. The van der Waals surface area contributed by atoms with E-state index < -0.39 is 17.2 Å². The van der Waals surface area contributed by atoms with Gasteiger partial charge in [-0.15, -0.1) is 24.0 Å². The van der Waals surface area contributed by atoms with E-state index in [-0.39, 0.29) is 24.0 Å². The van der Waals surface area contributed by atoms with Gasteiger partial charge in [0.1, 0.15) is 11.4 Å². The normalized spacial score (nSPS) is 16.8. The van der Waals surface area contributed by atoms with Crippen molar-refractivity contribution in [3.63, 3.8) is 0 Å². The highest BCUT2D eigenvalue weighted by Crippen LogP contribution is 2.31. The predicted molar refractivity (Wildman–Crippen MR) is 142 cm³/mol. The third-order valence-electron chi connectivity index (χ3n) is 5.03. The summed E-state index contributed by atoms with van der Waals surface area (Å²) < 4.78 is 10.8. The number of alkyl carbamates (subject to hydrolysis) is 1. The Bertz CT molecular complexity index is 764. The van der Waals surface area contributed by atoms with Crippen molar-refractivity contribution in [2.75, 3.05) is 45.2 Å². The zero-order chi connectivity index (χ0) is 23.1. The largest absolute Gasteiger partial charge is 0.495 e. The summed E-state index contributed by atoms with van der Waals surface area (Å²) in [5.74, 6) is 2.14. The number of halogens is 1. The number of aliphatic imine (C=N–C) groups is 1. The van der Waals surface area contributed by atoms with Gasteiger partial charge in [0.15, 0.2) is 5.96 Å². The Morgan fingerprint density at radius 3 is 2.50 bits per heavy atom. The monoisotopic (exact) mass is 561 g/mol. The van der Waals surface area contributed by atoms with Crippen molar-refractivity contribution in [1.82, 2.24) is 16.0 Å². The molecule has 1 aliphatic heterocycles.